The number of amides is 2. The Bertz CT molecular complexity index is 1250. The van der Waals surface area contributed by atoms with E-state index in [1.54, 1.807) is 12.1 Å². The van der Waals surface area contributed by atoms with Gasteiger partial charge in [-0.15, -0.1) is 0 Å². The van der Waals surface area contributed by atoms with Crippen molar-refractivity contribution in [3.63, 3.8) is 0 Å². The summed E-state index contributed by atoms with van der Waals surface area (Å²) in [4.78, 5) is 47.2. The van der Waals surface area contributed by atoms with Crippen LogP contribution in [0.4, 0.5) is 0 Å². The molecule has 37 heavy (non-hydrogen) atoms. The number of hydrogen-bond acceptors (Lipinski definition) is 9. The number of aliphatic carboxylic acids is 1. The minimum Gasteiger partial charge on any atom is -0.493 e. The molecule has 2 aromatic rings. The van der Waals surface area contributed by atoms with Crippen LogP contribution >= 0.6 is 0 Å². The largest absolute Gasteiger partial charge is 0.493 e. The smallest absolute Gasteiger partial charge is 0.326 e. The molecule has 0 fully saturated rings. The number of nitrogens with two attached hydrogens (primary N) is 1. The quantitative estimate of drug-likeness (QED) is 0.353. The first kappa shape index (κ1) is 26.9. The van der Waals surface area contributed by atoms with E-state index in [-0.39, 0.29) is 35.9 Å². The molecule has 0 spiro atoms. The number of carboxylic acids is 1. The molecule has 0 bridgehead atoms. The van der Waals surface area contributed by atoms with Crippen LogP contribution in [-0.2, 0) is 14.4 Å². The number of carbonyl (C=O) groups excluding carboxylic acids is 3. The number of hydrogen-bond donors (Lipinski definition) is 3. The predicted molar refractivity (Wildman–Crippen MR) is 129 cm³/mol. The van der Waals surface area contributed by atoms with Gasteiger partial charge in [0.05, 0.1) is 26.9 Å². The minimum atomic E-state index is -1.30. The van der Waals surface area contributed by atoms with E-state index in [0.717, 1.165) is 0 Å². The van der Waals surface area contributed by atoms with Crippen LogP contribution in [0.1, 0.15) is 28.8 Å². The van der Waals surface area contributed by atoms with Crippen LogP contribution in [0.25, 0.3) is 6.08 Å². The van der Waals surface area contributed by atoms with Gasteiger partial charge >= 0.3 is 5.97 Å². The van der Waals surface area contributed by atoms with E-state index < -0.39 is 30.4 Å². The third-order valence-corrected chi connectivity index (χ3v) is 5.35. The summed E-state index contributed by atoms with van der Waals surface area (Å²) in [5.41, 5.74) is 5.84. The monoisotopic (exact) mass is 514 g/mol. The molecule has 1 atom stereocenters. The standard InChI is InChI=1S/C25H26N2O10/c1-33-17-8-4-13(23(34-2)24(17)35-3)10-19-22(30)15-6-5-14(11-18(15)37-19)36-12-21(29)27-16(25(31)32)7-9-20(26)28/h4-6,8,10-11,16H,7,9,12H2,1-3H3,(H2,26,28)(H,27,29)(H,31,32)/t16-/m0/s1. The number of Topliss-reactive ketones (excluding diaryl/α,β-unsaturated/α-hetero) is 1. The molecule has 0 saturated heterocycles. The number of methoxy groups -OCH3 is 3. The Morgan fingerprint density at radius 2 is 1.81 bits per heavy atom. The van der Waals surface area contributed by atoms with E-state index >= 15 is 0 Å². The Labute approximate surface area is 211 Å². The summed E-state index contributed by atoms with van der Waals surface area (Å²) in [6.45, 7) is -0.501. The summed E-state index contributed by atoms with van der Waals surface area (Å²) in [5.74, 6) is -1.42. The van der Waals surface area contributed by atoms with E-state index in [4.69, 9.17) is 29.4 Å². The molecule has 12 nitrogen and oxygen atoms in total. The van der Waals surface area contributed by atoms with Crippen molar-refractivity contribution in [1.29, 1.82) is 0 Å². The number of ether oxygens (including phenoxy) is 5. The van der Waals surface area contributed by atoms with E-state index in [2.05, 4.69) is 5.32 Å². The summed E-state index contributed by atoms with van der Waals surface area (Å²) >= 11 is 0. The fourth-order valence-corrected chi connectivity index (χ4v) is 3.57. The van der Waals surface area contributed by atoms with Crippen LogP contribution < -0.4 is 34.7 Å². The van der Waals surface area contributed by atoms with Gasteiger partial charge in [-0.05, 0) is 36.8 Å². The molecule has 0 unspecified atom stereocenters. The molecule has 3 rings (SSSR count). The maximum atomic E-state index is 12.9. The summed E-state index contributed by atoms with van der Waals surface area (Å²) in [6.07, 6.45) is 1.17. The van der Waals surface area contributed by atoms with Crippen molar-refractivity contribution in [3.8, 4) is 28.7 Å². The Hall–Kier alpha value is -4.74. The first-order valence-electron chi connectivity index (χ1n) is 11.0. The summed E-state index contributed by atoms with van der Waals surface area (Å²) in [6, 6.07) is 6.48. The average molecular weight is 514 g/mol. The predicted octanol–water partition coefficient (Wildman–Crippen LogP) is 1.54. The van der Waals surface area contributed by atoms with Gasteiger partial charge in [-0.25, -0.2) is 4.79 Å². The summed E-state index contributed by atoms with van der Waals surface area (Å²) < 4.78 is 27.2. The molecule has 1 aliphatic heterocycles. The zero-order valence-corrected chi connectivity index (χ0v) is 20.4. The lowest BCUT2D eigenvalue weighted by molar-refractivity contribution is -0.142. The van der Waals surface area contributed by atoms with Crippen LogP contribution in [0.3, 0.4) is 0 Å². The molecule has 2 amide bonds. The van der Waals surface area contributed by atoms with Gasteiger partial charge in [0, 0.05) is 18.1 Å². The van der Waals surface area contributed by atoms with E-state index in [1.165, 1.54) is 45.6 Å². The van der Waals surface area contributed by atoms with Gasteiger partial charge in [-0.3, -0.25) is 14.4 Å². The Kier molecular flexibility index (Phi) is 8.56. The maximum Gasteiger partial charge on any atom is 0.326 e. The molecule has 196 valence electrons. The van der Waals surface area contributed by atoms with Crippen LogP contribution in [0.2, 0.25) is 0 Å². The molecule has 0 aliphatic carbocycles. The van der Waals surface area contributed by atoms with Crippen molar-refractivity contribution >= 4 is 29.6 Å². The van der Waals surface area contributed by atoms with Crippen LogP contribution in [0, 0.1) is 0 Å². The molecule has 1 heterocycles. The second kappa shape index (κ2) is 11.8. The zero-order chi connectivity index (χ0) is 27.1. The first-order valence-corrected chi connectivity index (χ1v) is 11.0. The summed E-state index contributed by atoms with van der Waals surface area (Å²) in [7, 11) is 4.42. The third kappa shape index (κ3) is 6.28. The number of ketones is 1. The molecule has 0 aromatic heterocycles. The lowest BCUT2D eigenvalue weighted by Crippen LogP contribution is -2.43. The molecule has 2 aromatic carbocycles. The highest BCUT2D eigenvalue weighted by Gasteiger charge is 2.29. The second-order valence-electron chi connectivity index (χ2n) is 7.77. The van der Waals surface area contributed by atoms with Crippen molar-refractivity contribution in [2.45, 2.75) is 18.9 Å². The van der Waals surface area contributed by atoms with Crippen LogP contribution in [0.5, 0.6) is 28.7 Å². The molecular weight excluding hydrogens is 488 g/mol. The topological polar surface area (TPSA) is 173 Å². The van der Waals surface area contributed by atoms with Gasteiger partial charge in [0.25, 0.3) is 5.91 Å². The molecule has 4 N–H and O–H groups in total. The number of rotatable bonds is 12. The lowest BCUT2D eigenvalue weighted by Gasteiger charge is -2.14. The number of primary amides is 1. The van der Waals surface area contributed by atoms with Gasteiger partial charge < -0.3 is 39.8 Å². The first-order chi connectivity index (χ1) is 17.7. The van der Waals surface area contributed by atoms with Gasteiger partial charge in [0.2, 0.25) is 17.4 Å². The van der Waals surface area contributed by atoms with Crippen LogP contribution in [0.15, 0.2) is 36.1 Å². The van der Waals surface area contributed by atoms with Crippen molar-refractivity contribution < 1.29 is 48.0 Å². The zero-order valence-electron chi connectivity index (χ0n) is 20.4. The average Bonchev–Trinajstić information content (AvgIpc) is 3.18. The molecular formula is C25H26N2O10. The van der Waals surface area contributed by atoms with Gasteiger partial charge in [-0.2, -0.15) is 0 Å². The normalized spacial score (nSPS) is 13.8. The minimum absolute atomic E-state index is 0.0363. The molecule has 1 aliphatic rings. The van der Waals surface area contributed by atoms with Crippen molar-refractivity contribution in [2.75, 3.05) is 27.9 Å². The van der Waals surface area contributed by atoms with E-state index in [0.29, 0.717) is 28.4 Å². The summed E-state index contributed by atoms with van der Waals surface area (Å²) in [5, 5.41) is 11.5. The van der Waals surface area contributed by atoms with E-state index in [9.17, 15) is 24.3 Å². The second-order valence-corrected chi connectivity index (χ2v) is 7.77. The van der Waals surface area contributed by atoms with Crippen molar-refractivity contribution in [1.82, 2.24) is 5.32 Å². The molecule has 0 radical (unpaired) electrons. The Morgan fingerprint density at radius 1 is 1.08 bits per heavy atom. The van der Waals surface area contributed by atoms with Crippen molar-refractivity contribution in [3.05, 3.63) is 47.2 Å². The SMILES string of the molecule is COc1ccc(C=C2Oc3cc(OCC(=O)N[C@@H](CCC(N)=O)C(=O)O)ccc3C2=O)c(OC)c1OC. The highest BCUT2D eigenvalue weighted by Crippen LogP contribution is 2.42. The highest BCUT2D eigenvalue weighted by atomic mass is 16.5. The molecule has 12 heteroatoms. The van der Waals surface area contributed by atoms with Gasteiger partial charge in [0.15, 0.2) is 23.9 Å². The van der Waals surface area contributed by atoms with Crippen molar-refractivity contribution in [2.24, 2.45) is 5.73 Å². The number of carbonyl (C=O) groups is 4. The van der Waals surface area contributed by atoms with E-state index in [1.807, 2.05) is 0 Å². The Balaban J connectivity index is 1.71. The van der Waals surface area contributed by atoms with Gasteiger partial charge in [-0.1, -0.05) is 0 Å². The number of fused-ring (bicyclic) bond motifs is 1. The molecule has 0 saturated carbocycles. The third-order valence-electron chi connectivity index (χ3n) is 5.35. The fraction of sp³-hybridized carbons (Fsp3) is 0.280. The van der Waals surface area contributed by atoms with Gasteiger partial charge in [0.1, 0.15) is 17.5 Å². The fourth-order valence-electron chi connectivity index (χ4n) is 3.57. The number of nitrogens with one attached hydrogen (secondary N) is 1. The Morgan fingerprint density at radius 3 is 2.43 bits per heavy atom. The highest BCUT2D eigenvalue weighted by molar-refractivity contribution is 6.14. The number of allylic oxidation sites excluding steroid dienone is 1. The number of carboxylic acid groups (broad SMARTS) is 1. The maximum absolute atomic E-state index is 12.9. The number of benzene rings is 2. The van der Waals surface area contributed by atoms with Crippen LogP contribution in [-0.4, -0.2) is 62.7 Å². The lowest BCUT2D eigenvalue weighted by atomic mass is 10.1.